The van der Waals surface area contributed by atoms with Crippen LogP contribution in [0.5, 0.6) is 0 Å². The Bertz CT molecular complexity index is 91.1. The molecule has 9 heavy (non-hydrogen) atoms. The zero-order valence-corrected chi connectivity index (χ0v) is 7.44. The van der Waals surface area contributed by atoms with E-state index in [1.165, 1.54) is 12.8 Å². The topological polar surface area (TPSA) is 20.5 Å². The van der Waals surface area contributed by atoms with Crippen molar-refractivity contribution in [1.29, 1.82) is 0 Å². The minimum absolute atomic E-state index is 0.886. The van der Waals surface area contributed by atoms with Gasteiger partial charge in [-0.05, 0) is 6.42 Å². The highest BCUT2D eigenvalue weighted by Crippen LogP contribution is 1.95. The zero-order chi connectivity index (χ0) is 7.11. The first-order valence-corrected chi connectivity index (χ1v) is 4.81. The maximum Gasteiger partial charge on any atom is 0.780 e. The van der Waals surface area contributed by atoms with Crippen LogP contribution in [0.2, 0.25) is 6.04 Å². The lowest BCUT2D eigenvalue weighted by Crippen LogP contribution is -2.05. The van der Waals surface area contributed by atoms with Crippen molar-refractivity contribution in [2.45, 2.75) is 25.8 Å². The maximum atomic E-state index is 5.08. The first kappa shape index (κ1) is 8.82. The fourth-order valence-corrected chi connectivity index (χ4v) is 1.83. The van der Waals surface area contributed by atoms with Gasteiger partial charge in [-0.2, -0.15) is 0 Å². The van der Waals surface area contributed by atoms with Crippen molar-refractivity contribution in [3.63, 3.8) is 0 Å². The highest BCUT2D eigenvalue weighted by Gasteiger charge is 2.17. The van der Waals surface area contributed by atoms with Gasteiger partial charge < -0.3 is 8.52 Å². The Balaban J connectivity index is 3.33. The van der Waals surface area contributed by atoms with Crippen LogP contribution in [-0.4, -0.2) is 23.1 Å². The quantitative estimate of drug-likeness (QED) is 0.436. The van der Waals surface area contributed by atoms with Crippen LogP contribution in [0.4, 0.5) is 0 Å². The van der Waals surface area contributed by atoms with Gasteiger partial charge in [0.05, 0.1) is 6.04 Å². The van der Waals surface area contributed by atoms with E-state index in [2.05, 4.69) is 6.92 Å². The molecule has 0 spiro atoms. The van der Waals surface area contributed by atoms with Crippen LogP contribution in [0, 0.1) is 0 Å². The molecule has 0 aromatic carbocycles. The first-order valence-electron chi connectivity index (χ1n) is 3.29. The largest absolute Gasteiger partial charge is 0.780 e. The minimum Gasteiger partial charge on any atom is -0.417 e. The Labute approximate surface area is 58.3 Å². The average molecular weight is 147 g/mol. The lowest BCUT2D eigenvalue weighted by atomic mass is 10.4. The molecule has 0 radical (unpaired) electrons. The second kappa shape index (κ2) is 5.94. The third-order valence-corrected chi connectivity index (χ3v) is 2.86. The summed E-state index contributed by atoms with van der Waals surface area (Å²) < 4.78 is 10.2. The molecule has 3 heteroatoms. The molecule has 0 N–H and O–H groups in total. The molecule has 0 aromatic heterocycles. The molecule has 2 nitrogen and oxygen atoms in total. The van der Waals surface area contributed by atoms with Crippen LogP contribution in [-0.2, 0) is 8.52 Å². The van der Waals surface area contributed by atoms with E-state index in [1.807, 2.05) is 0 Å². The van der Waals surface area contributed by atoms with Crippen molar-refractivity contribution >= 4 is 8.93 Å². The third-order valence-electron chi connectivity index (χ3n) is 1.19. The Morgan fingerprint density at radius 2 is 2.22 bits per heavy atom. The monoisotopic (exact) mass is 147 g/mol. The molecule has 0 aromatic rings. The Hall–Kier alpha value is -0.183. The van der Waals surface area contributed by atoms with Gasteiger partial charge in [-0.1, -0.05) is 13.3 Å². The predicted octanol–water partition coefficient (Wildman–Crippen LogP) is 1.52. The summed E-state index contributed by atoms with van der Waals surface area (Å²) >= 11 is 0. The van der Waals surface area contributed by atoms with Gasteiger partial charge in [-0.15, -0.1) is 0 Å². The van der Waals surface area contributed by atoms with Crippen molar-refractivity contribution in [2.75, 3.05) is 14.2 Å². The molecule has 0 aliphatic heterocycles. The minimum atomic E-state index is -0.886. The van der Waals surface area contributed by atoms with Crippen LogP contribution in [0.15, 0.2) is 0 Å². The molecule has 0 unspecified atom stereocenters. The molecule has 0 amide bonds. The summed E-state index contributed by atoms with van der Waals surface area (Å²) in [7, 11) is 2.55. The summed E-state index contributed by atoms with van der Waals surface area (Å²) in [6, 6.07) is 1.11. The molecule has 0 heterocycles. The molecule has 54 valence electrons. The fraction of sp³-hybridized carbons (Fsp3) is 1.00. The molecule has 0 saturated carbocycles. The standard InChI is InChI=1S/C6H15O2Si/c1-4-5-6-9(7-2)8-3/h4-6H2,1-3H3/q+1. The van der Waals surface area contributed by atoms with E-state index >= 15 is 0 Å². The van der Waals surface area contributed by atoms with E-state index in [0.717, 1.165) is 6.04 Å². The van der Waals surface area contributed by atoms with E-state index in [4.69, 9.17) is 8.52 Å². The summed E-state index contributed by atoms with van der Waals surface area (Å²) in [5.74, 6) is 0. The molecule has 0 aliphatic rings. The van der Waals surface area contributed by atoms with Gasteiger partial charge >= 0.3 is 8.93 Å². The van der Waals surface area contributed by atoms with Crippen molar-refractivity contribution in [2.24, 2.45) is 0 Å². The van der Waals surface area contributed by atoms with Crippen LogP contribution < -0.4 is 0 Å². The van der Waals surface area contributed by atoms with Crippen molar-refractivity contribution < 1.29 is 8.52 Å². The lowest BCUT2D eigenvalue weighted by molar-refractivity contribution is 0.151. The summed E-state index contributed by atoms with van der Waals surface area (Å²) in [6.07, 6.45) is 2.44. The fourth-order valence-electron chi connectivity index (χ4n) is 0.609. The second-order valence-electron chi connectivity index (χ2n) is 1.88. The first-order chi connectivity index (χ1) is 4.35. The van der Waals surface area contributed by atoms with Crippen LogP contribution in [0.3, 0.4) is 0 Å². The van der Waals surface area contributed by atoms with Gasteiger partial charge in [0.1, 0.15) is 14.2 Å². The average Bonchev–Trinajstić information content (AvgIpc) is 1.91. The summed E-state index contributed by atoms with van der Waals surface area (Å²) in [5, 5.41) is 0. The van der Waals surface area contributed by atoms with Crippen LogP contribution >= 0.6 is 0 Å². The smallest absolute Gasteiger partial charge is 0.417 e. The summed E-state index contributed by atoms with van der Waals surface area (Å²) in [4.78, 5) is 0. The lowest BCUT2D eigenvalue weighted by Gasteiger charge is -1.86. The predicted molar refractivity (Wildman–Crippen MR) is 39.1 cm³/mol. The molecule has 0 rings (SSSR count). The molecule has 0 saturated heterocycles. The zero-order valence-electron chi connectivity index (χ0n) is 6.44. The van der Waals surface area contributed by atoms with Gasteiger partial charge in [0, 0.05) is 0 Å². The van der Waals surface area contributed by atoms with E-state index in [0.29, 0.717) is 0 Å². The molecule has 0 bridgehead atoms. The van der Waals surface area contributed by atoms with E-state index in [1.54, 1.807) is 14.2 Å². The van der Waals surface area contributed by atoms with E-state index in [-0.39, 0.29) is 0 Å². The highest BCUT2D eigenvalue weighted by atomic mass is 28.3. The van der Waals surface area contributed by atoms with Gasteiger partial charge in [0.25, 0.3) is 0 Å². The molecule has 0 fully saturated rings. The Morgan fingerprint density at radius 1 is 1.56 bits per heavy atom. The second-order valence-corrected chi connectivity index (χ2v) is 3.94. The van der Waals surface area contributed by atoms with Gasteiger partial charge in [-0.3, -0.25) is 0 Å². The number of unbranched alkanes of at least 4 members (excludes halogenated alkanes) is 1. The Morgan fingerprint density at radius 3 is 2.56 bits per heavy atom. The maximum absolute atomic E-state index is 5.08. The third kappa shape index (κ3) is 4.33. The SMILES string of the molecule is CCCC[Si](OC)=[O+]C. The normalized spacial score (nSPS) is 11.7. The Kier molecular flexibility index (Phi) is 5.82. The number of rotatable bonds is 4. The molecule has 0 aliphatic carbocycles. The van der Waals surface area contributed by atoms with Gasteiger partial charge in [0.15, 0.2) is 0 Å². The summed E-state index contributed by atoms with van der Waals surface area (Å²) in [5.41, 5.74) is 0. The number of hydrogen-bond acceptors (Lipinski definition) is 1. The molecular weight excluding hydrogens is 132 g/mol. The van der Waals surface area contributed by atoms with Crippen molar-refractivity contribution in [3.8, 4) is 0 Å². The molecular formula is C6H15O2Si+. The highest BCUT2D eigenvalue weighted by molar-refractivity contribution is 6.35. The molecule has 0 atom stereocenters. The van der Waals surface area contributed by atoms with E-state index < -0.39 is 8.93 Å². The van der Waals surface area contributed by atoms with Crippen LogP contribution in [0.25, 0.3) is 0 Å². The van der Waals surface area contributed by atoms with Crippen molar-refractivity contribution in [3.05, 3.63) is 0 Å². The van der Waals surface area contributed by atoms with Gasteiger partial charge in [0.2, 0.25) is 0 Å². The summed E-state index contributed by atoms with van der Waals surface area (Å²) in [6.45, 7) is 2.17. The number of hydrogen-bond donors (Lipinski definition) is 0. The van der Waals surface area contributed by atoms with Gasteiger partial charge in [-0.25, -0.2) is 0 Å². The van der Waals surface area contributed by atoms with Crippen molar-refractivity contribution in [1.82, 2.24) is 0 Å². The van der Waals surface area contributed by atoms with E-state index in [9.17, 15) is 0 Å². The van der Waals surface area contributed by atoms with Crippen LogP contribution in [0.1, 0.15) is 19.8 Å².